The van der Waals surface area contributed by atoms with E-state index in [4.69, 9.17) is 14.0 Å². The molecule has 1 aromatic heterocycles. The van der Waals surface area contributed by atoms with E-state index in [-0.39, 0.29) is 11.9 Å². The Bertz CT molecular complexity index is 902. The van der Waals surface area contributed by atoms with Gasteiger partial charge in [-0.2, -0.15) is 0 Å². The third kappa shape index (κ3) is 6.44. The van der Waals surface area contributed by atoms with Crippen LogP contribution >= 0.6 is 0 Å². The van der Waals surface area contributed by atoms with Crippen LogP contribution in [-0.2, 0) is 18.8 Å². The molecule has 0 bridgehead atoms. The summed E-state index contributed by atoms with van der Waals surface area (Å²) in [5.41, 5.74) is -0.716. The van der Waals surface area contributed by atoms with Gasteiger partial charge in [0.05, 0.1) is 11.2 Å². The van der Waals surface area contributed by atoms with Gasteiger partial charge in [0.15, 0.2) is 0 Å². The van der Waals surface area contributed by atoms with Crippen LogP contribution in [-0.4, -0.2) is 83.0 Å². The van der Waals surface area contributed by atoms with E-state index in [1.807, 2.05) is 44.5 Å². The van der Waals surface area contributed by atoms with E-state index < -0.39 is 36.1 Å². The molecule has 11 heteroatoms. The van der Waals surface area contributed by atoms with Gasteiger partial charge < -0.3 is 29.2 Å². The van der Waals surface area contributed by atoms with E-state index >= 15 is 0 Å². The number of nitrogens with one attached hydrogen (secondary N) is 1. The van der Waals surface area contributed by atoms with Crippen LogP contribution < -0.4 is 15.7 Å². The molecule has 0 spiro atoms. The number of anilines is 1. The number of hydrogen-bond acceptors (Lipinski definition) is 8. The molecule has 0 aromatic carbocycles. The Balaban J connectivity index is 1.58. The van der Waals surface area contributed by atoms with Gasteiger partial charge in [-0.3, -0.25) is 4.79 Å². The predicted octanol–water partition coefficient (Wildman–Crippen LogP) is 2.12. The molecule has 0 radical (unpaired) electrons. The molecule has 10 nitrogen and oxygen atoms in total. The van der Waals surface area contributed by atoms with Crippen molar-refractivity contribution in [3.8, 4) is 0 Å². The Morgan fingerprint density at radius 1 is 1.23 bits per heavy atom. The van der Waals surface area contributed by atoms with Crippen LogP contribution in [0.25, 0.3) is 0 Å². The highest BCUT2D eigenvalue weighted by atomic mass is 16.7. The Kier molecular flexibility index (Phi) is 7.71. The molecule has 0 saturated carbocycles. The number of hydrogen-bond donors (Lipinski definition) is 1. The predicted molar refractivity (Wildman–Crippen MR) is 135 cm³/mol. The van der Waals surface area contributed by atoms with Crippen molar-refractivity contribution in [2.75, 3.05) is 25.0 Å². The van der Waals surface area contributed by atoms with Crippen LogP contribution in [0.3, 0.4) is 0 Å². The molecule has 2 aliphatic rings. The van der Waals surface area contributed by atoms with Crippen molar-refractivity contribution in [3.05, 3.63) is 12.4 Å². The summed E-state index contributed by atoms with van der Waals surface area (Å²) in [4.78, 5) is 37.9. The third-order valence-corrected chi connectivity index (χ3v) is 6.77. The number of carbonyl (C=O) groups excluding carboxylic acids is 2. The molecule has 2 amide bonds. The second kappa shape index (κ2) is 9.93. The van der Waals surface area contributed by atoms with Gasteiger partial charge in [0.2, 0.25) is 11.9 Å². The number of aromatic nitrogens is 2. The highest BCUT2D eigenvalue weighted by Crippen LogP contribution is 2.36. The zero-order chi connectivity index (χ0) is 26.2. The first-order chi connectivity index (χ1) is 16.1. The zero-order valence-electron chi connectivity index (χ0n) is 22.5. The number of ether oxygens (including phenoxy) is 1. The second-order valence-electron chi connectivity index (χ2n) is 11.5. The van der Waals surface area contributed by atoms with E-state index in [0.717, 1.165) is 18.3 Å². The Hall–Kier alpha value is -2.40. The number of alkyl carbamates (subject to hydrolysis) is 1. The molecule has 0 unspecified atom stereocenters. The maximum absolute atomic E-state index is 13.0. The van der Waals surface area contributed by atoms with Crippen molar-refractivity contribution in [2.24, 2.45) is 0 Å². The minimum Gasteiger partial charge on any atom is -0.444 e. The lowest BCUT2D eigenvalue weighted by Crippen LogP contribution is -2.51. The first-order valence-electron chi connectivity index (χ1n) is 12.3. The summed E-state index contributed by atoms with van der Waals surface area (Å²) < 4.78 is 17.4. The van der Waals surface area contributed by atoms with E-state index in [2.05, 4.69) is 15.3 Å². The number of nitrogens with zero attached hydrogens (tertiary/aromatic N) is 4. The molecule has 1 aromatic rings. The summed E-state index contributed by atoms with van der Waals surface area (Å²) in [6.45, 7) is 16.3. The minimum absolute atomic E-state index is 0.00163. The molecular weight excluding hydrogens is 449 g/mol. The SMILES string of the molecule is C[C@@H](NC(=O)OC(C)(C)C)C(=O)N1CCC[C@@H]1CN(C)c1ncc(B2OC(C)(C)C(C)(C)O2)cn1. The summed E-state index contributed by atoms with van der Waals surface area (Å²) >= 11 is 0. The minimum atomic E-state index is -0.675. The van der Waals surface area contributed by atoms with Gasteiger partial charge in [0, 0.05) is 44.0 Å². The monoisotopic (exact) mass is 489 g/mol. The number of likely N-dealkylation sites (tertiary alicyclic amines) is 1. The number of rotatable bonds is 6. The summed E-state index contributed by atoms with van der Waals surface area (Å²) in [6.07, 6.45) is 4.64. The highest BCUT2D eigenvalue weighted by Gasteiger charge is 2.52. The Labute approximate surface area is 209 Å². The quantitative estimate of drug-likeness (QED) is 0.606. The van der Waals surface area contributed by atoms with E-state index in [9.17, 15) is 9.59 Å². The number of likely N-dealkylation sites (N-methyl/N-ethyl adjacent to an activating group) is 1. The molecule has 3 heterocycles. The molecule has 3 rings (SSSR count). The standard InChI is InChI=1S/C24H40BN5O5/c1-16(28-21(32)33-22(2,3)4)19(31)30-12-10-11-18(30)15-29(9)20-26-13-17(14-27-20)25-34-23(5,6)24(7,8)35-25/h13-14,16,18H,10-12,15H2,1-9H3,(H,28,32)/t16-,18-/m1/s1. The lowest BCUT2D eigenvalue weighted by atomic mass is 9.81. The molecule has 1 N–H and O–H groups in total. The first kappa shape index (κ1) is 27.2. The van der Waals surface area contributed by atoms with Crippen LogP contribution in [0.1, 0.15) is 68.2 Å². The van der Waals surface area contributed by atoms with Crippen LogP contribution in [0.4, 0.5) is 10.7 Å². The fourth-order valence-electron chi connectivity index (χ4n) is 4.14. The van der Waals surface area contributed by atoms with Crippen molar-refractivity contribution in [1.29, 1.82) is 0 Å². The molecule has 2 saturated heterocycles. The molecule has 2 atom stereocenters. The lowest BCUT2D eigenvalue weighted by molar-refractivity contribution is -0.133. The molecule has 2 aliphatic heterocycles. The normalized spacial score (nSPS) is 22.1. The van der Waals surface area contributed by atoms with Crippen LogP contribution in [0.15, 0.2) is 12.4 Å². The summed E-state index contributed by atoms with van der Waals surface area (Å²) in [5.74, 6) is 0.438. The summed E-state index contributed by atoms with van der Waals surface area (Å²) in [7, 11) is 1.40. The summed E-state index contributed by atoms with van der Waals surface area (Å²) in [5, 5.41) is 2.65. The van der Waals surface area contributed by atoms with Crippen molar-refractivity contribution in [1.82, 2.24) is 20.2 Å². The van der Waals surface area contributed by atoms with Gasteiger partial charge in [-0.1, -0.05) is 0 Å². The van der Waals surface area contributed by atoms with Gasteiger partial charge in [0.25, 0.3) is 0 Å². The maximum atomic E-state index is 13.0. The molecular formula is C24H40BN5O5. The first-order valence-corrected chi connectivity index (χ1v) is 12.3. The van der Waals surface area contributed by atoms with E-state index in [1.54, 1.807) is 40.1 Å². The van der Waals surface area contributed by atoms with Gasteiger partial charge in [-0.05, 0) is 68.2 Å². The maximum Gasteiger partial charge on any atom is 0.498 e. The lowest BCUT2D eigenvalue weighted by Gasteiger charge is -2.32. The van der Waals surface area contributed by atoms with Gasteiger partial charge in [-0.15, -0.1) is 0 Å². The average molecular weight is 489 g/mol. The zero-order valence-corrected chi connectivity index (χ0v) is 22.5. The number of carbonyl (C=O) groups is 2. The Morgan fingerprint density at radius 2 is 1.80 bits per heavy atom. The fourth-order valence-corrected chi connectivity index (χ4v) is 4.14. The van der Waals surface area contributed by atoms with E-state index in [0.29, 0.717) is 19.0 Å². The summed E-state index contributed by atoms with van der Waals surface area (Å²) in [6, 6.07) is -0.673. The van der Waals surface area contributed by atoms with Gasteiger partial charge >= 0.3 is 13.2 Å². The highest BCUT2D eigenvalue weighted by molar-refractivity contribution is 6.61. The largest absolute Gasteiger partial charge is 0.498 e. The van der Waals surface area contributed by atoms with Gasteiger partial charge in [-0.25, -0.2) is 14.8 Å². The average Bonchev–Trinajstić information content (AvgIpc) is 3.27. The number of amides is 2. The molecule has 194 valence electrons. The van der Waals surface area contributed by atoms with Crippen molar-refractivity contribution in [3.63, 3.8) is 0 Å². The topological polar surface area (TPSA) is 106 Å². The molecule has 35 heavy (non-hydrogen) atoms. The van der Waals surface area contributed by atoms with Gasteiger partial charge in [0.1, 0.15) is 11.6 Å². The third-order valence-electron chi connectivity index (χ3n) is 6.77. The smallest absolute Gasteiger partial charge is 0.444 e. The van der Waals surface area contributed by atoms with Crippen LogP contribution in [0.2, 0.25) is 0 Å². The van der Waals surface area contributed by atoms with Crippen LogP contribution in [0.5, 0.6) is 0 Å². The molecule has 2 fully saturated rings. The van der Waals surface area contributed by atoms with Crippen LogP contribution in [0, 0.1) is 0 Å². The second-order valence-corrected chi connectivity index (χ2v) is 11.5. The Morgan fingerprint density at radius 3 is 2.34 bits per heavy atom. The van der Waals surface area contributed by atoms with Crippen molar-refractivity contribution in [2.45, 2.75) is 97.1 Å². The fraction of sp³-hybridized carbons (Fsp3) is 0.750. The van der Waals surface area contributed by atoms with Crippen molar-refractivity contribution < 1.29 is 23.6 Å². The molecule has 0 aliphatic carbocycles. The van der Waals surface area contributed by atoms with Crippen molar-refractivity contribution >= 4 is 30.5 Å². The van der Waals surface area contributed by atoms with E-state index in [1.165, 1.54) is 0 Å².